The van der Waals surface area contributed by atoms with Crippen molar-refractivity contribution in [1.82, 2.24) is 0 Å². The monoisotopic (exact) mass is 625 g/mol. The summed E-state index contributed by atoms with van der Waals surface area (Å²) < 4.78 is 0. The second-order valence-electron chi connectivity index (χ2n) is 12.1. The first-order chi connectivity index (χ1) is 23.7. The number of allylic oxidation sites excluding steroid dienone is 3. The highest BCUT2D eigenvalue weighted by molar-refractivity contribution is 6.01. The molecule has 0 aromatic heterocycles. The van der Waals surface area contributed by atoms with E-state index >= 15 is 0 Å². The Morgan fingerprint density at radius 2 is 1.40 bits per heavy atom. The minimum Gasteiger partial charge on any atom is -0.323 e. The van der Waals surface area contributed by atoms with Crippen molar-refractivity contribution in [2.75, 3.05) is 16.5 Å². The number of anilines is 3. The molecule has 1 aliphatic carbocycles. The van der Waals surface area contributed by atoms with Crippen molar-refractivity contribution in [3.63, 3.8) is 0 Å². The predicted octanol–water partition coefficient (Wildman–Crippen LogP) is 10.5. The van der Waals surface area contributed by atoms with Crippen molar-refractivity contribution in [1.29, 1.82) is 0 Å². The van der Waals surface area contributed by atoms with Crippen molar-refractivity contribution in [3.8, 4) is 0 Å². The van der Waals surface area contributed by atoms with E-state index in [9.17, 15) is 0 Å². The molecule has 0 bridgehead atoms. The topological polar surface area (TPSA) is 43.6 Å². The Hall–Kier alpha value is -5.81. The summed E-state index contributed by atoms with van der Waals surface area (Å²) in [7, 11) is 0. The van der Waals surface area contributed by atoms with Crippen LogP contribution in [0.4, 0.5) is 22.7 Å². The zero-order valence-corrected chi connectivity index (χ0v) is 27.1. The van der Waals surface area contributed by atoms with E-state index in [1.807, 2.05) is 36.4 Å². The van der Waals surface area contributed by atoms with Gasteiger partial charge in [0.15, 0.2) is 0 Å². The molecule has 1 aliphatic heterocycles. The normalized spacial score (nSPS) is 15.0. The highest BCUT2D eigenvalue weighted by Gasteiger charge is 2.29. The molecule has 0 N–H and O–H groups in total. The third-order valence-electron chi connectivity index (χ3n) is 9.18. The molecule has 2 aliphatic rings. The first-order valence-corrected chi connectivity index (χ1v) is 16.5. The maximum atomic E-state index is 5.17. The second-order valence-corrected chi connectivity index (χ2v) is 12.1. The molecule has 0 amide bonds. The standard InChI is InChI=1S/C43H39N5/c1-44-38-21-11-14-24-43(38)48-31-47(41-22-12-9-19-36(41)37-20-10-13-23-42(37)48)35-27-25-32(26-28-35)30-46-40(34-17-7-4-8-18-34)29-39(45-2)33-15-5-3-6-16-33/h3-8,10-18,20-28,39H,1-2,9,19,29-31H2. The van der Waals surface area contributed by atoms with Gasteiger partial charge in [-0.05, 0) is 84.9 Å². The van der Waals surface area contributed by atoms with Crippen molar-refractivity contribution >= 4 is 47.5 Å². The van der Waals surface area contributed by atoms with E-state index in [4.69, 9.17) is 4.99 Å². The molecule has 0 fully saturated rings. The molecule has 0 saturated heterocycles. The molecule has 1 atom stereocenters. The van der Waals surface area contributed by atoms with Gasteiger partial charge >= 0.3 is 0 Å². The number of hydrogen-bond acceptors (Lipinski definition) is 5. The van der Waals surface area contributed by atoms with Gasteiger partial charge in [0.25, 0.3) is 0 Å². The molecule has 1 heterocycles. The molecule has 0 saturated carbocycles. The molecule has 7 rings (SSSR count). The quantitative estimate of drug-likeness (QED) is 0.145. The minimum absolute atomic E-state index is 0.0601. The van der Waals surface area contributed by atoms with Gasteiger partial charge in [-0.3, -0.25) is 15.0 Å². The number of benzene rings is 5. The summed E-state index contributed by atoms with van der Waals surface area (Å²) in [6.07, 6.45) is 7.28. The van der Waals surface area contributed by atoms with Crippen LogP contribution in [0.1, 0.15) is 47.6 Å². The van der Waals surface area contributed by atoms with Crippen LogP contribution in [0.25, 0.3) is 5.57 Å². The average molecular weight is 626 g/mol. The third-order valence-corrected chi connectivity index (χ3v) is 9.18. The first kappa shape index (κ1) is 30.8. The van der Waals surface area contributed by atoms with Gasteiger partial charge in [-0.25, -0.2) is 0 Å². The Morgan fingerprint density at radius 3 is 2.15 bits per heavy atom. The van der Waals surface area contributed by atoms with Crippen LogP contribution in [0.5, 0.6) is 0 Å². The lowest BCUT2D eigenvalue weighted by Gasteiger charge is -2.33. The lowest BCUT2D eigenvalue weighted by atomic mass is 9.93. The van der Waals surface area contributed by atoms with Crippen LogP contribution in [0, 0.1) is 0 Å². The van der Waals surface area contributed by atoms with E-state index in [1.54, 1.807) is 0 Å². The molecule has 0 spiro atoms. The number of aliphatic imine (C=N–C) groups is 3. The van der Waals surface area contributed by atoms with E-state index in [-0.39, 0.29) is 6.04 Å². The fourth-order valence-corrected chi connectivity index (χ4v) is 6.71. The smallest absolute Gasteiger partial charge is 0.100 e. The molecular formula is C43H39N5. The fraction of sp³-hybridized carbons (Fsp3) is 0.140. The maximum Gasteiger partial charge on any atom is 0.100 e. The van der Waals surface area contributed by atoms with Crippen molar-refractivity contribution < 1.29 is 0 Å². The molecule has 0 radical (unpaired) electrons. The Bertz CT molecular complexity index is 1990. The summed E-state index contributed by atoms with van der Waals surface area (Å²) in [5.41, 5.74) is 12.5. The van der Waals surface area contributed by atoms with Crippen LogP contribution in [-0.2, 0) is 6.54 Å². The maximum absolute atomic E-state index is 5.17. The molecular weight excluding hydrogens is 587 g/mol. The zero-order valence-electron chi connectivity index (χ0n) is 27.1. The van der Waals surface area contributed by atoms with Crippen LogP contribution in [0.3, 0.4) is 0 Å². The second kappa shape index (κ2) is 14.3. The van der Waals surface area contributed by atoms with E-state index < -0.39 is 0 Å². The molecule has 5 heteroatoms. The van der Waals surface area contributed by atoms with Crippen LogP contribution in [-0.4, -0.2) is 25.8 Å². The van der Waals surface area contributed by atoms with Gasteiger partial charge in [-0.15, -0.1) is 0 Å². The fourth-order valence-electron chi connectivity index (χ4n) is 6.71. The van der Waals surface area contributed by atoms with Gasteiger partial charge in [0.2, 0.25) is 0 Å². The average Bonchev–Trinajstić information content (AvgIpc) is 3.31. The number of para-hydroxylation sites is 3. The van der Waals surface area contributed by atoms with E-state index in [0.717, 1.165) is 52.3 Å². The molecule has 236 valence electrons. The van der Waals surface area contributed by atoms with E-state index in [0.29, 0.717) is 19.6 Å². The summed E-state index contributed by atoms with van der Waals surface area (Å²) in [6.45, 7) is 9.00. The van der Waals surface area contributed by atoms with Gasteiger partial charge in [-0.2, -0.15) is 0 Å². The summed E-state index contributed by atoms with van der Waals surface area (Å²) in [5.74, 6) is 0. The van der Waals surface area contributed by atoms with Gasteiger partial charge in [-0.1, -0.05) is 109 Å². The van der Waals surface area contributed by atoms with E-state index in [2.05, 4.69) is 142 Å². The van der Waals surface area contributed by atoms with Crippen molar-refractivity contribution in [3.05, 3.63) is 174 Å². The molecule has 5 aromatic rings. The number of nitrogens with zero attached hydrogens (tertiary/aromatic N) is 5. The van der Waals surface area contributed by atoms with Crippen molar-refractivity contribution in [2.45, 2.75) is 31.8 Å². The van der Waals surface area contributed by atoms with Crippen LogP contribution in [0.2, 0.25) is 0 Å². The number of fused-ring (bicyclic) bond motifs is 2. The molecule has 5 nitrogen and oxygen atoms in total. The van der Waals surface area contributed by atoms with Crippen LogP contribution >= 0.6 is 0 Å². The SMILES string of the molecule is C=Nc1ccccc1N1CN(c2ccc(CN=C(CC(N=C)c3ccccc3)c3ccccc3)cc2)C2=C(CCC=C2)c2ccccc21. The summed E-state index contributed by atoms with van der Waals surface area (Å²) in [4.78, 5) is 18.8. The van der Waals surface area contributed by atoms with Crippen molar-refractivity contribution in [2.24, 2.45) is 15.0 Å². The Balaban J connectivity index is 1.21. The summed E-state index contributed by atoms with van der Waals surface area (Å²) in [5, 5.41) is 0. The molecule has 48 heavy (non-hydrogen) atoms. The summed E-state index contributed by atoms with van der Waals surface area (Å²) >= 11 is 0. The van der Waals surface area contributed by atoms with Crippen LogP contribution < -0.4 is 9.80 Å². The highest BCUT2D eigenvalue weighted by atomic mass is 15.3. The first-order valence-electron chi connectivity index (χ1n) is 16.5. The minimum atomic E-state index is -0.0601. The zero-order chi connectivity index (χ0) is 32.7. The number of hydrogen-bond donors (Lipinski definition) is 0. The van der Waals surface area contributed by atoms with Crippen LogP contribution in [0.15, 0.2) is 166 Å². The summed E-state index contributed by atoms with van der Waals surface area (Å²) in [6, 6.07) is 46.5. The van der Waals surface area contributed by atoms with Gasteiger partial charge < -0.3 is 9.80 Å². The lowest BCUT2D eigenvalue weighted by Crippen LogP contribution is -2.33. The number of rotatable bonds is 10. The Kier molecular flexibility index (Phi) is 9.19. The molecule has 1 unspecified atom stereocenters. The largest absolute Gasteiger partial charge is 0.323 e. The molecule has 5 aromatic carbocycles. The van der Waals surface area contributed by atoms with Gasteiger partial charge in [0.05, 0.1) is 29.6 Å². The predicted molar refractivity (Wildman–Crippen MR) is 203 cm³/mol. The lowest BCUT2D eigenvalue weighted by molar-refractivity contribution is 0.768. The Labute approximate surface area is 283 Å². The Morgan fingerprint density at radius 1 is 0.708 bits per heavy atom. The van der Waals surface area contributed by atoms with Gasteiger partial charge in [0.1, 0.15) is 6.67 Å². The van der Waals surface area contributed by atoms with E-state index in [1.165, 1.54) is 22.5 Å². The van der Waals surface area contributed by atoms with Gasteiger partial charge in [0, 0.05) is 29.1 Å². The third kappa shape index (κ3) is 6.40. The highest BCUT2D eigenvalue weighted by Crippen LogP contribution is 2.45.